The second-order valence-electron chi connectivity index (χ2n) is 10.6. The van der Waals surface area contributed by atoms with Gasteiger partial charge in [0.25, 0.3) is 0 Å². The normalized spacial score (nSPS) is 13.4. The van der Waals surface area contributed by atoms with Crippen LogP contribution in [0.2, 0.25) is 0 Å². The summed E-state index contributed by atoms with van der Waals surface area (Å²) < 4.78 is 12.5. The van der Waals surface area contributed by atoms with Crippen LogP contribution < -0.4 is 5.32 Å². The van der Waals surface area contributed by atoms with Crippen LogP contribution in [0.25, 0.3) is 22.0 Å². The highest BCUT2D eigenvalue weighted by Gasteiger charge is 2.31. The molecule has 5 rings (SSSR count). The summed E-state index contributed by atoms with van der Waals surface area (Å²) in [5.41, 5.74) is 4.56. The van der Waals surface area contributed by atoms with E-state index >= 15 is 0 Å². The van der Waals surface area contributed by atoms with Crippen molar-refractivity contribution in [2.45, 2.75) is 44.8 Å². The number of hydrogen-bond acceptors (Lipinski definition) is 5. The number of carboxylic acid groups (broad SMARTS) is 1. The van der Waals surface area contributed by atoms with Crippen LogP contribution in [0.4, 0.5) is 9.59 Å². The van der Waals surface area contributed by atoms with Gasteiger partial charge in [-0.05, 0) is 55.2 Å². The predicted octanol–water partition coefficient (Wildman–Crippen LogP) is 5.96. The topological polar surface area (TPSA) is 107 Å². The molecular weight excluding hydrogens is 496 g/mol. The molecule has 0 aliphatic heterocycles. The van der Waals surface area contributed by atoms with Crippen LogP contribution in [-0.4, -0.2) is 46.1 Å². The largest absolute Gasteiger partial charge is 0.480 e. The monoisotopic (exact) mass is 526 g/mol. The van der Waals surface area contributed by atoms with Crippen LogP contribution >= 0.6 is 0 Å². The van der Waals surface area contributed by atoms with E-state index in [1.165, 1.54) is 4.57 Å². The standard InChI is InChI=1S/C31H30N2O6/c1-31(2,3)39-30(37)33-20(16-19-10-4-9-15-27(19)33)17-26(28(34)35)32-29(36)38-18-25-23-13-7-5-11-21(23)22-12-6-8-14-24(22)25/h4-16,25-26H,17-18H2,1-3H3,(H,32,36)(H,34,35)/t26-/m1/s1. The van der Waals surface area contributed by atoms with Gasteiger partial charge >= 0.3 is 18.2 Å². The Morgan fingerprint density at radius 1 is 0.923 bits per heavy atom. The molecule has 39 heavy (non-hydrogen) atoms. The van der Waals surface area contributed by atoms with Crippen molar-refractivity contribution in [2.24, 2.45) is 0 Å². The molecule has 0 unspecified atom stereocenters. The Labute approximate surface area is 226 Å². The fourth-order valence-corrected chi connectivity index (χ4v) is 5.08. The Bertz CT molecular complexity index is 1520. The summed E-state index contributed by atoms with van der Waals surface area (Å²) in [6.07, 6.45) is -1.61. The molecule has 4 aromatic rings. The Kier molecular flexibility index (Phi) is 6.87. The molecule has 1 aliphatic rings. The lowest BCUT2D eigenvalue weighted by Gasteiger charge is -2.22. The maximum absolute atomic E-state index is 13.1. The fourth-order valence-electron chi connectivity index (χ4n) is 5.08. The summed E-state index contributed by atoms with van der Waals surface area (Å²) in [4.78, 5) is 38.0. The van der Waals surface area contributed by atoms with Gasteiger partial charge in [0, 0.05) is 23.4 Å². The van der Waals surface area contributed by atoms with Gasteiger partial charge in [-0.1, -0.05) is 66.7 Å². The minimum absolute atomic E-state index is 0.0599. The molecule has 1 heterocycles. The summed E-state index contributed by atoms with van der Waals surface area (Å²) in [5, 5.41) is 13.1. The third kappa shape index (κ3) is 5.36. The number of para-hydroxylation sites is 1. The molecule has 1 aromatic heterocycles. The minimum Gasteiger partial charge on any atom is -0.480 e. The van der Waals surface area contributed by atoms with Crippen LogP contribution in [0.1, 0.15) is 43.5 Å². The average Bonchev–Trinajstić information content (AvgIpc) is 3.41. The van der Waals surface area contributed by atoms with Gasteiger partial charge in [0.15, 0.2) is 0 Å². The van der Waals surface area contributed by atoms with Crippen molar-refractivity contribution in [1.29, 1.82) is 0 Å². The number of benzene rings is 3. The molecule has 200 valence electrons. The number of ether oxygens (including phenoxy) is 2. The van der Waals surface area contributed by atoms with E-state index in [1.54, 1.807) is 39.0 Å². The van der Waals surface area contributed by atoms with Gasteiger partial charge in [0.05, 0.1) is 5.52 Å². The van der Waals surface area contributed by atoms with E-state index in [0.717, 1.165) is 27.6 Å². The van der Waals surface area contributed by atoms with Crippen molar-refractivity contribution < 1.29 is 29.0 Å². The highest BCUT2D eigenvalue weighted by atomic mass is 16.6. The molecule has 1 atom stereocenters. The molecule has 3 aromatic carbocycles. The Balaban J connectivity index is 1.33. The Morgan fingerprint density at radius 3 is 2.13 bits per heavy atom. The number of fused-ring (bicyclic) bond motifs is 4. The lowest BCUT2D eigenvalue weighted by Crippen LogP contribution is -2.43. The first-order chi connectivity index (χ1) is 18.6. The van der Waals surface area contributed by atoms with Crippen molar-refractivity contribution >= 4 is 29.1 Å². The zero-order valence-corrected chi connectivity index (χ0v) is 22.0. The number of rotatable bonds is 6. The lowest BCUT2D eigenvalue weighted by molar-refractivity contribution is -0.139. The zero-order chi connectivity index (χ0) is 27.7. The van der Waals surface area contributed by atoms with Gasteiger partial charge < -0.3 is 19.9 Å². The number of carboxylic acids is 1. The number of hydrogen-bond donors (Lipinski definition) is 2. The maximum atomic E-state index is 13.1. The molecule has 2 N–H and O–H groups in total. The summed E-state index contributed by atoms with van der Waals surface area (Å²) >= 11 is 0. The van der Waals surface area contributed by atoms with Gasteiger partial charge in [-0.2, -0.15) is 0 Å². The molecule has 0 spiro atoms. The molecule has 0 fully saturated rings. The number of carbonyl (C=O) groups excluding carboxylic acids is 2. The van der Waals surface area contributed by atoms with E-state index in [0.29, 0.717) is 11.2 Å². The molecule has 0 saturated heterocycles. The van der Waals surface area contributed by atoms with Gasteiger partial charge in [-0.25, -0.2) is 19.0 Å². The summed E-state index contributed by atoms with van der Waals surface area (Å²) in [6.45, 7) is 5.34. The number of aromatic nitrogens is 1. The maximum Gasteiger partial charge on any atom is 0.419 e. The van der Waals surface area contributed by atoms with Crippen LogP contribution in [0.3, 0.4) is 0 Å². The van der Waals surface area contributed by atoms with Crippen molar-refractivity contribution in [3.05, 3.63) is 95.7 Å². The number of carbonyl (C=O) groups is 3. The first-order valence-electron chi connectivity index (χ1n) is 12.8. The van der Waals surface area contributed by atoms with Crippen molar-refractivity contribution in [1.82, 2.24) is 9.88 Å². The molecule has 0 bridgehead atoms. The molecule has 8 heteroatoms. The fraction of sp³-hybridized carbons (Fsp3) is 0.258. The summed E-state index contributed by atoms with van der Waals surface area (Å²) in [6, 6.07) is 23.5. The molecule has 0 radical (unpaired) electrons. The number of aliphatic carboxylic acids is 1. The van der Waals surface area contributed by atoms with E-state index in [4.69, 9.17) is 9.47 Å². The SMILES string of the molecule is CC(C)(C)OC(=O)n1c(C[C@@H](NC(=O)OCC2c3ccccc3-c3ccccc32)C(=O)O)cc2ccccc21. The highest BCUT2D eigenvalue weighted by molar-refractivity contribution is 5.91. The molecular formula is C31H30N2O6. The molecule has 1 aliphatic carbocycles. The lowest BCUT2D eigenvalue weighted by atomic mass is 9.98. The van der Waals surface area contributed by atoms with E-state index in [-0.39, 0.29) is 18.9 Å². The number of nitrogens with one attached hydrogen (secondary N) is 1. The number of nitrogens with zero attached hydrogens (tertiary/aromatic N) is 1. The minimum atomic E-state index is -1.33. The first-order valence-corrected chi connectivity index (χ1v) is 12.8. The van der Waals surface area contributed by atoms with Crippen molar-refractivity contribution in [3.63, 3.8) is 0 Å². The molecule has 8 nitrogen and oxygen atoms in total. The van der Waals surface area contributed by atoms with Gasteiger partial charge in [0.2, 0.25) is 0 Å². The second kappa shape index (κ2) is 10.3. The Hall–Kier alpha value is -4.59. The highest BCUT2D eigenvalue weighted by Crippen LogP contribution is 2.44. The average molecular weight is 527 g/mol. The zero-order valence-electron chi connectivity index (χ0n) is 22.0. The Morgan fingerprint density at radius 2 is 1.51 bits per heavy atom. The van der Waals surface area contributed by atoms with Crippen molar-refractivity contribution in [2.75, 3.05) is 6.61 Å². The van der Waals surface area contributed by atoms with Crippen molar-refractivity contribution in [3.8, 4) is 11.1 Å². The van der Waals surface area contributed by atoms with Gasteiger partial charge in [0.1, 0.15) is 18.2 Å². The number of alkyl carbamates (subject to hydrolysis) is 1. The van der Waals surface area contributed by atoms with E-state index in [1.807, 2.05) is 60.7 Å². The van der Waals surface area contributed by atoms with Gasteiger partial charge in [-0.15, -0.1) is 0 Å². The third-order valence-electron chi connectivity index (χ3n) is 6.71. The predicted molar refractivity (Wildman–Crippen MR) is 147 cm³/mol. The van der Waals surface area contributed by atoms with E-state index < -0.39 is 29.8 Å². The van der Waals surface area contributed by atoms with E-state index in [9.17, 15) is 19.5 Å². The smallest absolute Gasteiger partial charge is 0.419 e. The van der Waals surface area contributed by atoms with Crippen LogP contribution in [-0.2, 0) is 20.7 Å². The first kappa shape index (κ1) is 26.0. The molecule has 1 amide bonds. The van der Waals surface area contributed by atoms with Crippen LogP contribution in [0.15, 0.2) is 78.9 Å². The van der Waals surface area contributed by atoms with Gasteiger partial charge in [-0.3, -0.25) is 0 Å². The summed E-state index contributed by atoms with van der Waals surface area (Å²) in [5.74, 6) is -1.40. The third-order valence-corrected chi connectivity index (χ3v) is 6.71. The summed E-state index contributed by atoms with van der Waals surface area (Å²) in [7, 11) is 0. The van der Waals surface area contributed by atoms with Crippen LogP contribution in [0, 0.1) is 0 Å². The number of amides is 1. The quantitative estimate of drug-likeness (QED) is 0.321. The van der Waals surface area contributed by atoms with E-state index in [2.05, 4.69) is 5.32 Å². The second-order valence-corrected chi connectivity index (χ2v) is 10.6. The van der Waals surface area contributed by atoms with Crippen LogP contribution in [0.5, 0.6) is 0 Å². The molecule has 0 saturated carbocycles.